The summed E-state index contributed by atoms with van der Waals surface area (Å²) in [5, 5.41) is 12.1. The van der Waals surface area contributed by atoms with Gasteiger partial charge >= 0.3 is 0 Å². The van der Waals surface area contributed by atoms with Crippen LogP contribution in [0.4, 0.5) is 11.8 Å². The Morgan fingerprint density at radius 2 is 2.04 bits per heavy atom. The summed E-state index contributed by atoms with van der Waals surface area (Å²) in [4.78, 5) is 12.6. The lowest BCUT2D eigenvalue weighted by Gasteiger charge is -2.15. The van der Waals surface area contributed by atoms with Gasteiger partial charge in [-0.25, -0.2) is 9.97 Å². The van der Waals surface area contributed by atoms with Crippen molar-refractivity contribution >= 4 is 11.8 Å². The summed E-state index contributed by atoms with van der Waals surface area (Å²) in [5.41, 5.74) is 7.38. The summed E-state index contributed by atoms with van der Waals surface area (Å²) in [6, 6.07) is 1.70. The van der Waals surface area contributed by atoms with Crippen molar-refractivity contribution in [2.75, 3.05) is 24.2 Å². The predicted octanol–water partition coefficient (Wildman–Crippen LogP) is 2.39. The Morgan fingerprint density at radius 1 is 1.28 bits per heavy atom. The van der Waals surface area contributed by atoms with E-state index in [1.54, 1.807) is 12.3 Å². The van der Waals surface area contributed by atoms with E-state index in [2.05, 4.69) is 26.2 Å². The number of hydrogen-bond acceptors (Lipinski definition) is 7. The molecule has 25 heavy (non-hydrogen) atoms. The van der Waals surface area contributed by atoms with Crippen molar-refractivity contribution in [3.05, 3.63) is 29.7 Å². The highest BCUT2D eigenvalue weighted by Gasteiger charge is 2.13. The molecule has 7 nitrogen and oxygen atoms in total. The van der Waals surface area contributed by atoms with Gasteiger partial charge in [0.1, 0.15) is 11.4 Å². The Morgan fingerprint density at radius 3 is 2.64 bits per heavy atom. The van der Waals surface area contributed by atoms with Crippen molar-refractivity contribution in [3.8, 4) is 23.8 Å². The Bertz CT molecular complexity index is 771. The van der Waals surface area contributed by atoms with Crippen molar-refractivity contribution in [1.82, 2.24) is 15.0 Å². The van der Waals surface area contributed by atoms with Crippen molar-refractivity contribution in [2.45, 2.75) is 26.7 Å². The standard InChI is InChI=1S/C18H23N5O2/c1-5-13-6-15(14(8-20-13)11(2)3)25-16-9-22-18(23-17(16)19)21-7-12(4)10-24/h1,6,8-9,11-12,24H,7,10H2,2-4H3,(H3,19,21,22,23). The number of anilines is 2. The zero-order valence-corrected chi connectivity index (χ0v) is 14.7. The number of hydrogen-bond donors (Lipinski definition) is 3. The third kappa shape index (κ3) is 4.81. The molecule has 1 unspecified atom stereocenters. The number of nitrogens with one attached hydrogen (secondary N) is 1. The van der Waals surface area contributed by atoms with E-state index in [0.29, 0.717) is 29.7 Å². The smallest absolute Gasteiger partial charge is 0.224 e. The Balaban J connectivity index is 2.22. The van der Waals surface area contributed by atoms with Gasteiger partial charge < -0.3 is 20.9 Å². The number of pyridine rings is 1. The molecule has 0 bridgehead atoms. The predicted molar refractivity (Wildman–Crippen MR) is 97.5 cm³/mol. The molecule has 2 heterocycles. The fraction of sp³-hybridized carbons (Fsp3) is 0.389. The molecule has 7 heteroatoms. The Hall–Kier alpha value is -2.85. The lowest BCUT2D eigenvalue weighted by atomic mass is 10.0. The number of ether oxygens (including phenoxy) is 1. The zero-order valence-electron chi connectivity index (χ0n) is 14.7. The van der Waals surface area contributed by atoms with Gasteiger partial charge in [-0.05, 0) is 11.8 Å². The molecule has 0 aliphatic rings. The van der Waals surface area contributed by atoms with Gasteiger partial charge in [0, 0.05) is 31.0 Å². The average molecular weight is 341 g/mol. The Kier molecular flexibility index (Phi) is 6.14. The highest BCUT2D eigenvalue weighted by Crippen LogP contribution is 2.32. The molecule has 0 saturated heterocycles. The van der Waals surface area contributed by atoms with Crippen molar-refractivity contribution < 1.29 is 9.84 Å². The number of terminal acetylenes is 1. The minimum absolute atomic E-state index is 0.0845. The highest BCUT2D eigenvalue weighted by atomic mass is 16.5. The summed E-state index contributed by atoms with van der Waals surface area (Å²) in [5.74, 6) is 4.31. The molecule has 2 aromatic rings. The van der Waals surface area contributed by atoms with Crippen LogP contribution < -0.4 is 15.8 Å². The maximum Gasteiger partial charge on any atom is 0.224 e. The minimum atomic E-state index is 0.0845. The van der Waals surface area contributed by atoms with Gasteiger partial charge in [-0.2, -0.15) is 4.98 Å². The van der Waals surface area contributed by atoms with Gasteiger partial charge in [-0.15, -0.1) is 6.42 Å². The molecule has 0 aliphatic carbocycles. The quantitative estimate of drug-likeness (QED) is 0.664. The van der Waals surface area contributed by atoms with E-state index in [1.807, 2.05) is 20.8 Å². The third-order valence-corrected chi connectivity index (χ3v) is 3.59. The fourth-order valence-corrected chi connectivity index (χ4v) is 2.04. The van der Waals surface area contributed by atoms with E-state index < -0.39 is 0 Å². The molecular formula is C18H23N5O2. The number of aliphatic hydroxyl groups is 1. The van der Waals surface area contributed by atoms with Crippen LogP contribution in [-0.2, 0) is 0 Å². The lowest BCUT2D eigenvalue weighted by molar-refractivity contribution is 0.244. The second-order valence-corrected chi connectivity index (χ2v) is 6.12. The van der Waals surface area contributed by atoms with Crippen LogP contribution in [-0.4, -0.2) is 33.2 Å². The zero-order chi connectivity index (χ0) is 18.4. The second kappa shape index (κ2) is 8.31. The first-order valence-electron chi connectivity index (χ1n) is 8.06. The van der Waals surface area contributed by atoms with Crippen molar-refractivity contribution in [1.29, 1.82) is 0 Å². The topological polar surface area (TPSA) is 106 Å². The molecule has 0 saturated carbocycles. The minimum Gasteiger partial charge on any atom is -0.451 e. The SMILES string of the molecule is C#Cc1cc(Oc2cnc(NCC(C)CO)nc2N)c(C(C)C)cn1. The van der Waals surface area contributed by atoms with Crippen LogP contribution in [0.3, 0.4) is 0 Å². The summed E-state index contributed by atoms with van der Waals surface area (Å²) in [7, 11) is 0. The van der Waals surface area contributed by atoms with E-state index in [0.717, 1.165) is 5.56 Å². The third-order valence-electron chi connectivity index (χ3n) is 3.59. The van der Waals surface area contributed by atoms with Crippen LogP contribution in [0.25, 0.3) is 0 Å². The molecule has 4 N–H and O–H groups in total. The maximum absolute atomic E-state index is 9.04. The van der Waals surface area contributed by atoms with Crippen LogP contribution in [0.5, 0.6) is 11.5 Å². The van der Waals surface area contributed by atoms with Gasteiger partial charge in [0.2, 0.25) is 5.95 Å². The fourth-order valence-electron chi connectivity index (χ4n) is 2.04. The molecule has 132 valence electrons. The second-order valence-electron chi connectivity index (χ2n) is 6.12. The van der Waals surface area contributed by atoms with Crippen LogP contribution in [0, 0.1) is 18.3 Å². The summed E-state index contributed by atoms with van der Waals surface area (Å²) < 4.78 is 5.89. The molecule has 2 aromatic heterocycles. The molecule has 0 aliphatic heterocycles. The van der Waals surface area contributed by atoms with E-state index in [9.17, 15) is 0 Å². The number of nitrogens with zero attached hydrogens (tertiary/aromatic N) is 3. The monoisotopic (exact) mass is 341 g/mol. The number of aliphatic hydroxyl groups excluding tert-OH is 1. The van der Waals surface area contributed by atoms with Gasteiger partial charge in [-0.1, -0.05) is 26.7 Å². The van der Waals surface area contributed by atoms with Gasteiger partial charge in [0.25, 0.3) is 0 Å². The summed E-state index contributed by atoms with van der Waals surface area (Å²) >= 11 is 0. The van der Waals surface area contributed by atoms with Crippen molar-refractivity contribution in [2.24, 2.45) is 5.92 Å². The van der Waals surface area contributed by atoms with E-state index >= 15 is 0 Å². The first-order valence-corrected chi connectivity index (χ1v) is 8.06. The number of aromatic nitrogens is 3. The van der Waals surface area contributed by atoms with E-state index in [-0.39, 0.29) is 24.3 Å². The molecule has 0 spiro atoms. The molecule has 0 amide bonds. The van der Waals surface area contributed by atoms with E-state index in [4.69, 9.17) is 22.0 Å². The molecule has 1 atom stereocenters. The normalized spacial score (nSPS) is 11.8. The average Bonchev–Trinajstić information content (AvgIpc) is 2.61. The van der Waals surface area contributed by atoms with E-state index in [1.165, 1.54) is 6.20 Å². The molecule has 2 rings (SSSR count). The number of rotatable bonds is 7. The van der Waals surface area contributed by atoms with Crippen LogP contribution in [0.15, 0.2) is 18.5 Å². The molecule has 0 fully saturated rings. The Labute approximate surface area is 147 Å². The summed E-state index contributed by atoms with van der Waals surface area (Å²) in [6.07, 6.45) is 8.63. The number of nitrogens with two attached hydrogens (primary N) is 1. The lowest BCUT2D eigenvalue weighted by Crippen LogP contribution is -2.16. The van der Waals surface area contributed by atoms with Crippen molar-refractivity contribution in [3.63, 3.8) is 0 Å². The molecule has 0 aromatic carbocycles. The largest absolute Gasteiger partial charge is 0.451 e. The van der Waals surface area contributed by atoms with Gasteiger partial charge in [0.15, 0.2) is 11.6 Å². The van der Waals surface area contributed by atoms with Gasteiger partial charge in [0.05, 0.1) is 6.20 Å². The van der Waals surface area contributed by atoms with Crippen LogP contribution in [0.2, 0.25) is 0 Å². The first-order chi connectivity index (χ1) is 11.9. The first kappa shape index (κ1) is 18.5. The summed E-state index contributed by atoms with van der Waals surface area (Å²) in [6.45, 7) is 6.61. The van der Waals surface area contributed by atoms with Gasteiger partial charge in [-0.3, -0.25) is 0 Å². The molecular weight excluding hydrogens is 318 g/mol. The van der Waals surface area contributed by atoms with Crippen LogP contribution in [0.1, 0.15) is 37.9 Å². The maximum atomic E-state index is 9.04. The van der Waals surface area contributed by atoms with Crippen LogP contribution >= 0.6 is 0 Å². The molecule has 0 radical (unpaired) electrons. The number of nitrogen functional groups attached to an aromatic ring is 1. The highest BCUT2D eigenvalue weighted by molar-refractivity contribution is 5.51.